The van der Waals surface area contributed by atoms with Crippen LogP contribution in [0.3, 0.4) is 0 Å². The van der Waals surface area contributed by atoms with Gasteiger partial charge in [0.15, 0.2) is 0 Å². The number of aromatic hydroxyl groups is 2. The van der Waals surface area contributed by atoms with Crippen LogP contribution in [-0.4, -0.2) is 15.9 Å². The van der Waals surface area contributed by atoms with E-state index >= 15 is 0 Å². The Morgan fingerprint density at radius 1 is 1.36 bits per heavy atom. The van der Waals surface area contributed by atoms with Gasteiger partial charge in [0, 0.05) is 11.6 Å². The fraction of sp³-hybridized carbons (Fsp3) is 0.125. The molecule has 0 fully saturated rings. The van der Waals surface area contributed by atoms with E-state index in [-0.39, 0.29) is 17.2 Å². The van der Waals surface area contributed by atoms with Crippen LogP contribution in [0.25, 0.3) is 0 Å². The minimum atomic E-state index is -0.120. The molecule has 0 aliphatic rings. The highest BCUT2D eigenvalue weighted by molar-refractivity contribution is 5.99. The molecule has 1 aromatic rings. The van der Waals surface area contributed by atoms with Crippen molar-refractivity contribution >= 4 is 5.71 Å². The van der Waals surface area contributed by atoms with Crippen LogP contribution in [0.1, 0.15) is 12.5 Å². The number of hydrogen-bond acceptors (Lipinski definition) is 2. The van der Waals surface area contributed by atoms with Crippen molar-refractivity contribution in [3.63, 3.8) is 0 Å². The molecule has 2 N–H and O–H groups in total. The normalized spacial score (nSPS) is 9.55. The van der Waals surface area contributed by atoms with Gasteiger partial charge in [0.2, 0.25) is 0 Å². The van der Waals surface area contributed by atoms with Crippen molar-refractivity contribution in [2.75, 3.05) is 0 Å². The molecule has 0 spiro atoms. The smallest absolute Gasteiger partial charge is 0.128 e. The van der Waals surface area contributed by atoms with Crippen LogP contribution < -0.4 is 5.41 Å². The molecule has 0 aliphatic carbocycles. The van der Waals surface area contributed by atoms with Crippen molar-refractivity contribution in [2.24, 2.45) is 0 Å². The standard InChI is InChI=1S/C8H8NO2/c1-5(9)7-3-2-6(10)4-8(7)11/h2-4,10-11H,1H3. The number of hydrogen-bond donors (Lipinski definition) is 2. The Labute approximate surface area is 64.4 Å². The van der Waals surface area contributed by atoms with Gasteiger partial charge >= 0.3 is 0 Å². The van der Waals surface area contributed by atoms with Gasteiger partial charge < -0.3 is 10.2 Å². The molecule has 3 nitrogen and oxygen atoms in total. The molecule has 0 atom stereocenters. The van der Waals surface area contributed by atoms with E-state index in [0.29, 0.717) is 5.56 Å². The van der Waals surface area contributed by atoms with Crippen molar-refractivity contribution in [1.82, 2.24) is 5.41 Å². The molecule has 0 aliphatic heterocycles. The number of phenols is 2. The van der Waals surface area contributed by atoms with E-state index in [2.05, 4.69) is 0 Å². The maximum Gasteiger partial charge on any atom is 0.128 e. The van der Waals surface area contributed by atoms with Gasteiger partial charge in [-0.2, -0.15) is 5.41 Å². The number of phenolic OH excluding ortho intramolecular Hbond substituents is 2. The molecule has 57 valence electrons. The number of benzene rings is 1. The average molecular weight is 150 g/mol. The quantitative estimate of drug-likeness (QED) is 0.579. The van der Waals surface area contributed by atoms with Gasteiger partial charge in [0.1, 0.15) is 11.5 Å². The van der Waals surface area contributed by atoms with Crippen LogP contribution in [0.2, 0.25) is 0 Å². The fourth-order valence-corrected chi connectivity index (χ4v) is 0.826. The van der Waals surface area contributed by atoms with E-state index in [0.717, 1.165) is 0 Å². The molecular formula is C8H8NO2. The minimum Gasteiger partial charge on any atom is -0.508 e. The Morgan fingerprint density at radius 2 is 2.00 bits per heavy atom. The van der Waals surface area contributed by atoms with Gasteiger partial charge in [-0.25, -0.2) is 0 Å². The molecule has 0 unspecified atom stereocenters. The Hall–Kier alpha value is -1.51. The van der Waals surface area contributed by atoms with Crippen LogP contribution in [0.5, 0.6) is 11.5 Å². The maximum atomic E-state index is 9.12. The van der Waals surface area contributed by atoms with Gasteiger partial charge in [0.25, 0.3) is 0 Å². The van der Waals surface area contributed by atoms with Gasteiger partial charge in [-0.3, -0.25) is 0 Å². The van der Waals surface area contributed by atoms with Crippen LogP contribution in [0, 0.1) is 0 Å². The molecule has 1 radical (unpaired) electrons. The Bertz CT molecular complexity index is 294. The Balaban J connectivity index is 3.20. The monoisotopic (exact) mass is 150 g/mol. The predicted molar refractivity (Wildman–Crippen MR) is 41.7 cm³/mol. The third-order valence-electron chi connectivity index (χ3n) is 1.37. The lowest BCUT2D eigenvalue weighted by atomic mass is 10.1. The molecule has 1 rings (SSSR count). The van der Waals surface area contributed by atoms with Gasteiger partial charge in [-0.05, 0) is 19.1 Å². The van der Waals surface area contributed by atoms with Crippen molar-refractivity contribution in [2.45, 2.75) is 6.92 Å². The minimum absolute atomic E-state index is 0.0208. The molecule has 3 heteroatoms. The Kier molecular flexibility index (Phi) is 1.81. The lowest BCUT2D eigenvalue weighted by Gasteiger charge is -2.00. The summed E-state index contributed by atoms with van der Waals surface area (Å²) in [4.78, 5) is 0. The zero-order valence-electron chi connectivity index (χ0n) is 6.07. The summed E-state index contributed by atoms with van der Waals surface area (Å²) in [6.07, 6.45) is 0. The molecule has 0 saturated heterocycles. The number of rotatable bonds is 1. The molecule has 1 aromatic carbocycles. The first-order chi connectivity index (χ1) is 5.11. The second kappa shape index (κ2) is 2.62. The maximum absolute atomic E-state index is 9.12. The lowest BCUT2D eigenvalue weighted by Crippen LogP contribution is -1.94. The highest BCUT2D eigenvalue weighted by Gasteiger charge is 2.03. The highest BCUT2D eigenvalue weighted by atomic mass is 16.3. The third-order valence-corrected chi connectivity index (χ3v) is 1.37. The van der Waals surface area contributed by atoms with E-state index in [9.17, 15) is 0 Å². The van der Waals surface area contributed by atoms with E-state index in [1.165, 1.54) is 25.1 Å². The summed E-state index contributed by atoms with van der Waals surface area (Å²) in [6.45, 7) is 1.46. The van der Waals surface area contributed by atoms with Crippen LogP contribution in [0.15, 0.2) is 18.2 Å². The van der Waals surface area contributed by atoms with Gasteiger partial charge in [0.05, 0.1) is 5.71 Å². The summed E-state index contributed by atoms with van der Waals surface area (Å²) in [5.74, 6) is -0.141. The molecule has 0 bridgehead atoms. The number of nitrogens with zero attached hydrogens (tertiary/aromatic N) is 1. The van der Waals surface area contributed by atoms with Crippen LogP contribution in [-0.2, 0) is 0 Å². The molecular weight excluding hydrogens is 142 g/mol. The summed E-state index contributed by atoms with van der Waals surface area (Å²) in [6, 6.07) is 4.02. The zero-order valence-corrected chi connectivity index (χ0v) is 6.07. The molecule has 0 heterocycles. The molecule has 0 saturated carbocycles. The first kappa shape index (κ1) is 7.60. The second-order valence-electron chi connectivity index (χ2n) is 2.29. The van der Waals surface area contributed by atoms with Gasteiger partial charge in [-0.15, -0.1) is 0 Å². The molecule has 11 heavy (non-hydrogen) atoms. The van der Waals surface area contributed by atoms with E-state index in [4.69, 9.17) is 15.6 Å². The zero-order chi connectivity index (χ0) is 8.43. The van der Waals surface area contributed by atoms with E-state index in [1.54, 1.807) is 0 Å². The highest BCUT2D eigenvalue weighted by Crippen LogP contribution is 2.22. The van der Waals surface area contributed by atoms with Crippen molar-refractivity contribution in [3.8, 4) is 11.5 Å². The summed E-state index contributed by atoms with van der Waals surface area (Å²) in [7, 11) is 0. The van der Waals surface area contributed by atoms with Crippen molar-refractivity contribution in [1.29, 1.82) is 0 Å². The molecule has 0 aromatic heterocycles. The summed E-state index contributed by atoms with van der Waals surface area (Å²) >= 11 is 0. The average Bonchev–Trinajstić information content (AvgIpc) is 1.85. The molecule has 0 amide bonds. The SMILES string of the molecule is CC(=[N])c1ccc(O)cc1O. The van der Waals surface area contributed by atoms with Crippen LogP contribution in [0.4, 0.5) is 0 Å². The first-order valence-electron chi connectivity index (χ1n) is 3.16. The van der Waals surface area contributed by atoms with Gasteiger partial charge in [-0.1, -0.05) is 0 Å². The lowest BCUT2D eigenvalue weighted by molar-refractivity contribution is 0.450. The fourth-order valence-electron chi connectivity index (χ4n) is 0.826. The first-order valence-corrected chi connectivity index (χ1v) is 3.16. The summed E-state index contributed by atoms with van der Waals surface area (Å²) in [5.41, 5.74) is 0.366. The summed E-state index contributed by atoms with van der Waals surface area (Å²) in [5, 5.41) is 27.0. The topological polar surface area (TPSA) is 62.8 Å². The third kappa shape index (κ3) is 1.49. The summed E-state index contributed by atoms with van der Waals surface area (Å²) < 4.78 is 0. The largest absolute Gasteiger partial charge is 0.508 e. The predicted octanol–water partition coefficient (Wildman–Crippen LogP) is 0.707. The second-order valence-corrected chi connectivity index (χ2v) is 2.29. The Morgan fingerprint density at radius 3 is 2.45 bits per heavy atom. The van der Waals surface area contributed by atoms with E-state index < -0.39 is 0 Å². The van der Waals surface area contributed by atoms with Crippen LogP contribution >= 0.6 is 0 Å². The van der Waals surface area contributed by atoms with Crippen molar-refractivity contribution < 1.29 is 10.2 Å². The van der Waals surface area contributed by atoms with Crippen molar-refractivity contribution in [3.05, 3.63) is 23.8 Å². The van der Waals surface area contributed by atoms with E-state index in [1.807, 2.05) is 0 Å².